The second-order valence-corrected chi connectivity index (χ2v) is 32.2. The number of nitrogens with one attached hydrogen (secondary N) is 12. The summed E-state index contributed by atoms with van der Waals surface area (Å²) >= 11 is 0. The predicted octanol–water partition coefficient (Wildman–Crippen LogP) is 1.84. The summed E-state index contributed by atoms with van der Waals surface area (Å²) in [5.41, 5.74) is 18.4. The van der Waals surface area contributed by atoms with Crippen molar-refractivity contribution in [1.82, 2.24) is 68.4 Å². The van der Waals surface area contributed by atoms with Crippen molar-refractivity contribution in [3.63, 3.8) is 0 Å². The van der Waals surface area contributed by atoms with Gasteiger partial charge in [-0.05, 0) is 132 Å². The third kappa shape index (κ3) is 33.7. The highest BCUT2D eigenvalue weighted by molar-refractivity contribution is 6.00. The highest BCUT2D eigenvalue weighted by Crippen LogP contribution is 2.24. The first-order chi connectivity index (χ1) is 56.9. The summed E-state index contributed by atoms with van der Waals surface area (Å²) in [7, 11) is 0. The molecule has 5 rings (SSSR count). The number of hydrogen-bond donors (Lipinski definition) is 20. The van der Waals surface area contributed by atoms with Crippen LogP contribution >= 0.6 is 0 Å². The number of aliphatic hydroxyl groups is 3. The molecule has 0 spiro atoms. The number of unbranched alkanes of at least 4 members (excludes halogenated alkanes) is 12. The summed E-state index contributed by atoms with van der Waals surface area (Å²) in [5, 5.41) is 82.3. The zero-order chi connectivity index (χ0) is 88.9. The van der Waals surface area contributed by atoms with Crippen LogP contribution in [0, 0.1) is 11.8 Å². The van der Waals surface area contributed by atoms with Crippen LogP contribution in [0.25, 0.3) is 10.9 Å². The molecule has 1 aromatic heterocycles. The minimum Gasteiger partial charge on any atom is -0.508 e. The Morgan fingerprint density at radius 2 is 0.900 bits per heavy atom. The Morgan fingerprint density at radius 3 is 1.40 bits per heavy atom. The molecule has 0 saturated carbocycles. The molecule has 13 amide bonds. The van der Waals surface area contributed by atoms with Gasteiger partial charge in [0.15, 0.2) is 5.96 Å². The molecule has 3 aromatic carbocycles. The maximum absolute atomic E-state index is 14.8. The van der Waals surface area contributed by atoms with Crippen LogP contribution in [0.1, 0.15) is 208 Å². The Hall–Kier alpha value is -10.9. The van der Waals surface area contributed by atoms with Gasteiger partial charge in [-0.15, -0.1) is 0 Å². The number of aliphatic hydroxyl groups excluding tert-OH is 3. The van der Waals surface area contributed by atoms with Crippen LogP contribution in [-0.4, -0.2) is 222 Å². The number of hydrogen-bond acceptors (Lipinski definition) is 19. The number of carbonyl (C=O) groups is 13. The number of para-hydroxylation sites is 1. The molecule has 23 N–H and O–H groups in total. The maximum Gasteiger partial charge on any atom is 0.245 e. The zero-order valence-electron chi connectivity index (χ0n) is 71.0. The number of carbonyl (C=O) groups excluding carboxylic acids is 13. The number of guanidine groups is 1. The number of benzene rings is 3. The number of aromatic hydroxyl groups is 2. The van der Waals surface area contributed by atoms with Crippen LogP contribution in [0.4, 0.5) is 0 Å². The van der Waals surface area contributed by atoms with Crippen molar-refractivity contribution in [2.75, 3.05) is 13.1 Å². The van der Waals surface area contributed by atoms with Gasteiger partial charge in [-0.3, -0.25) is 67.3 Å². The van der Waals surface area contributed by atoms with Gasteiger partial charge in [-0.25, -0.2) is 0 Å². The quantitative estimate of drug-likeness (QED) is 0.0170. The van der Waals surface area contributed by atoms with Crippen LogP contribution in [0.5, 0.6) is 11.5 Å². The number of H-pyrrole nitrogens is 1. The smallest absolute Gasteiger partial charge is 0.245 e. The Bertz CT molecular complexity index is 4040. The van der Waals surface area contributed by atoms with E-state index in [0.29, 0.717) is 40.4 Å². The molecular weight excluding hydrogens is 1550 g/mol. The molecule has 0 aliphatic carbocycles. The first-order valence-corrected chi connectivity index (χ1v) is 42.0. The van der Waals surface area contributed by atoms with Crippen molar-refractivity contribution in [2.24, 2.45) is 34.0 Å². The van der Waals surface area contributed by atoms with Crippen molar-refractivity contribution in [3.8, 4) is 11.5 Å². The number of primary amides is 1. The summed E-state index contributed by atoms with van der Waals surface area (Å²) in [6, 6.07) is 0.370. The summed E-state index contributed by atoms with van der Waals surface area (Å²) < 4.78 is 0. The molecule has 4 aromatic rings. The van der Waals surface area contributed by atoms with E-state index < -0.39 is 168 Å². The molecule has 0 unspecified atom stereocenters. The molecule has 35 heteroatoms. The lowest BCUT2D eigenvalue weighted by Crippen LogP contribution is -2.63. The van der Waals surface area contributed by atoms with E-state index in [-0.39, 0.29) is 93.7 Å². The summed E-state index contributed by atoms with van der Waals surface area (Å²) in [6.07, 6.45) is 11.7. The Morgan fingerprint density at radius 1 is 0.467 bits per heavy atom. The number of nitrogens with zero attached hydrogens (tertiary/aromatic N) is 2. The fourth-order valence-electron chi connectivity index (χ4n) is 14.1. The normalized spacial score (nSPS) is 16.2. The van der Waals surface area contributed by atoms with Gasteiger partial charge in [0.25, 0.3) is 0 Å². The van der Waals surface area contributed by atoms with Gasteiger partial charge >= 0.3 is 0 Å². The number of rotatable bonds is 53. The lowest BCUT2D eigenvalue weighted by atomic mass is 10.00. The molecule has 15 atom stereocenters. The average Bonchev–Trinajstić information content (AvgIpc) is 1.67. The number of phenols is 2. The molecule has 1 fully saturated rings. The topological polar surface area (TPSA) is 565 Å². The van der Waals surface area contributed by atoms with Crippen LogP contribution in [0.2, 0.25) is 0 Å². The zero-order valence-corrected chi connectivity index (χ0v) is 71.0. The lowest BCUT2D eigenvalue weighted by Gasteiger charge is -2.31. The molecule has 1 aliphatic heterocycles. The van der Waals surface area contributed by atoms with E-state index >= 15 is 0 Å². The monoisotopic (exact) mass is 1680 g/mol. The Labute approximate surface area is 702 Å². The summed E-state index contributed by atoms with van der Waals surface area (Å²) in [4.78, 5) is 192. The predicted molar refractivity (Wildman–Crippen MR) is 452 cm³/mol. The third-order valence-corrected chi connectivity index (χ3v) is 21.0. The van der Waals surface area contributed by atoms with Gasteiger partial charge in [-0.2, -0.15) is 0 Å². The minimum atomic E-state index is -1.89. The van der Waals surface area contributed by atoms with Gasteiger partial charge in [0, 0.05) is 55.9 Å². The lowest BCUT2D eigenvalue weighted by molar-refractivity contribution is -0.142. The van der Waals surface area contributed by atoms with Crippen molar-refractivity contribution < 1.29 is 87.9 Å². The number of nitrogens with two attached hydrogens (primary N) is 3. The van der Waals surface area contributed by atoms with Crippen molar-refractivity contribution in [3.05, 3.63) is 95.7 Å². The van der Waals surface area contributed by atoms with Crippen molar-refractivity contribution in [2.45, 2.75) is 301 Å². The molecule has 35 nitrogen and oxygen atoms in total. The number of aromatic nitrogens is 1. The Balaban J connectivity index is 1.27. The second-order valence-electron chi connectivity index (χ2n) is 32.2. The fraction of sp³-hybridized carbons (Fsp3) is 0.600. The maximum atomic E-state index is 14.8. The van der Waals surface area contributed by atoms with Gasteiger partial charge in [0.05, 0.1) is 18.3 Å². The van der Waals surface area contributed by atoms with Crippen molar-refractivity contribution >= 4 is 93.7 Å². The van der Waals surface area contributed by atoms with Gasteiger partial charge < -0.3 is 111 Å². The summed E-state index contributed by atoms with van der Waals surface area (Å²) in [5.74, 6) is -12.6. The largest absolute Gasteiger partial charge is 0.508 e. The molecular formula is C85H131N17O18. The van der Waals surface area contributed by atoms with Gasteiger partial charge in [-0.1, -0.05) is 154 Å². The highest BCUT2D eigenvalue weighted by atomic mass is 16.3. The number of aliphatic imine (C=N–C) groups is 1. The van der Waals surface area contributed by atoms with E-state index in [4.69, 9.17) is 17.2 Å². The fourth-order valence-corrected chi connectivity index (χ4v) is 14.1. The first-order valence-electron chi connectivity index (χ1n) is 42.0. The molecule has 120 heavy (non-hydrogen) atoms. The standard InChI is InChI=1S/C85H131N17O18/c1-11-12-13-14-15-16-17-18-19-20-21-22-23-32-68(108)98-69(49(4)5)80(116)101-70(52(8)103)81(117)92-51(7)84(120)102-42-27-31-67(102)79(115)95-63(43-48(2)3)76(112)94-66(46-57-47-90-61-29-25-24-28-60(57)61)75(111)91-50(6)74(110)99-71(53(9)104)82(118)97-65(45-56-35-39-59(107)40-36-56)78(114)100-72(54(10)105)83(119)96-64(44-55-33-37-58(106)38-34-55)77(113)93-62(73(86)109)30-26-41-89-85(87)88/h24-25,28-29,33-40,47-54,62-67,69-72,90,103-107H,11-23,26-27,30-32,41-46H2,1-10H3,(H2,86,109)(H,91,111)(H,92,117)(H,93,113)(H,94,112)(H,95,115)(H,96,119)(H,97,118)(H,98,108)(H,99,110)(H,100,114)(H,101,116)(H4,87,88,89)/t50-,51-,52+,53+,54+,62-,63-,64-,65-,66-,67-,69-,70-,71-,72-/m0/s1. The van der Waals surface area contributed by atoms with E-state index in [1.54, 1.807) is 58.2 Å². The van der Waals surface area contributed by atoms with E-state index in [0.717, 1.165) is 39.5 Å². The van der Waals surface area contributed by atoms with E-state index in [1.165, 1.54) is 126 Å². The van der Waals surface area contributed by atoms with Crippen LogP contribution in [-0.2, 0) is 81.6 Å². The number of phenolic OH excluding ortho intramolecular Hbond substituents is 2. The number of likely N-dealkylation sites (tertiary alicyclic amines) is 1. The van der Waals surface area contributed by atoms with E-state index in [1.807, 2.05) is 0 Å². The van der Waals surface area contributed by atoms with Crippen LogP contribution < -0.4 is 75.7 Å². The SMILES string of the molecule is CCCCCCCCCCCCCCCC(=O)N[C@H](C(=O)N[C@H](C(=O)N[C@@H](C)C(=O)N1CCC[C@H]1C(=O)N[C@@H](CC(C)C)C(=O)N[C@@H](Cc1c[nH]c2ccccc12)C(=O)N[C@@H](C)C(=O)N[C@H](C(=O)N[C@@H](Cc1ccc(O)cc1)C(=O)N[C@H](C(=O)N[C@@H](Cc1ccc(O)cc1)C(=O)N[C@@H](CCCN=C(N)N)C(N)=O)[C@@H](C)O)[C@@H](C)O)[C@@H](C)O)C(C)C. The Kier molecular flexibility index (Phi) is 42.2. The average molecular weight is 1680 g/mol. The molecule has 2 heterocycles. The van der Waals surface area contributed by atoms with Crippen LogP contribution in [0.15, 0.2) is 84.0 Å². The van der Waals surface area contributed by atoms with Crippen molar-refractivity contribution in [1.29, 1.82) is 0 Å². The van der Waals surface area contributed by atoms with E-state index in [2.05, 4.69) is 75.4 Å². The number of fused-ring (bicyclic) bond motifs is 1. The summed E-state index contributed by atoms with van der Waals surface area (Å²) in [6.45, 7) is 15.6. The molecule has 1 saturated heterocycles. The first kappa shape index (κ1) is 99.6. The van der Waals surface area contributed by atoms with E-state index in [9.17, 15) is 87.9 Å². The number of amides is 13. The minimum absolute atomic E-state index is 0.0191. The molecule has 664 valence electrons. The number of aromatic amines is 1. The molecule has 0 radical (unpaired) electrons. The van der Waals surface area contributed by atoms with Gasteiger partial charge in [0.1, 0.15) is 84.0 Å². The third-order valence-electron chi connectivity index (χ3n) is 21.0. The highest BCUT2D eigenvalue weighted by Gasteiger charge is 2.42. The molecule has 0 bridgehead atoms. The second kappa shape index (κ2) is 50.9. The van der Waals surface area contributed by atoms with Gasteiger partial charge in [0.2, 0.25) is 76.8 Å². The van der Waals surface area contributed by atoms with Crippen LogP contribution in [0.3, 0.4) is 0 Å². The molecule has 1 aliphatic rings.